The first-order valence-corrected chi connectivity index (χ1v) is 7.35. The highest BCUT2D eigenvalue weighted by molar-refractivity contribution is 5.07. The number of rotatable bonds is 7. The van der Waals surface area contributed by atoms with Crippen LogP contribution in [0.1, 0.15) is 50.0 Å². The van der Waals surface area contributed by atoms with Crippen LogP contribution < -0.4 is 5.32 Å². The van der Waals surface area contributed by atoms with Crippen LogP contribution in [0.3, 0.4) is 0 Å². The summed E-state index contributed by atoms with van der Waals surface area (Å²) in [5.74, 6) is 2.49. The predicted octanol–water partition coefficient (Wildman–Crippen LogP) is 2.51. The van der Waals surface area contributed by atoms with Gasteiger partial charge in [-0.05, 0) is 31.2 Å². The van der Waals surface area contributed by atoms with Gasteiger partial charge in [-0.3, -0.25) is 0 Å². The van der Waals surface area contributed by atoms with Crippen LogP contribution in [0.4, 0.5) is 0 Å². The second-order valence-corrected chi connectivity index (χ2v) is 5.36. The third kappa shape index (κ3) is 4.25. The molecule has 2 rings (SSSR count). The molecule has 1 aliphatic carbocycles. The zero-order chi connectivity index (χ0) is 13.5. The number of aromatic nitrogens is 2. The van der Waals surface area contributed by atoms with E-state index in [0.717, 1.165) is 37.1 Å². The van der Waals surface area contributed by atoms with Crippen molar-refractivity contribution in [2.24, 2.45) is 5.92 Å². The van der Waals surface area contributed by atoms with E-state index in [1.54, 1.807) is 7.11 Å². The highest BCUT2D eigenvalue weighted by Crippen LogP contribution is 2.38. The zero-order valence-corrected chi connectivity index (χ0v) is 12.1. The Kier molecular flexibility index (Phi) is 5.73. The van der Waals surface area contributed by atoms with Gasteiger partial charge in [-0.15, -0.1) is 0 Å². The van der Waals surface area contributed by atoms with E-state index in [9.17, 15) is 0 Å². The van der Waals surface area contributed by atoms with E-state index in [1.165, 1.54) is 25.7 Å². The molecule has 1 fully saturated rings. The van der Waals surface area contributed by atoms with Crippen molar-refractivity contribution in [2.45, 2.75) is 45.1 Å². The molecule has 1 heterocycles. The lowest BCUT2D eigenvalue weighted by Gasteiger charge is -2.10. The van der Waals surface area contributed by atoms with Crippen LogP contribution >= 0.6 is 0 Å². The molecule has 0 aliphatic heterocycles. The Morgan fingerprint density at radius 3 is 3.05 bits per heavy atom. The van der Waals surface area contributed by atoms with Gasteiger partial charge >= 0.3 is 0 Å². The van der Waals surface area contributed by atoms with Crippen LogP contribution in [0.5, 0.6) is 0 Å². The van der Waals surface area contributed by atoms with Crippen molar-refractivity contribution in [1.29, 1.82) is 0 Å². The van der Waals surface area contributed by atoms with Crippen molar-refractivity contribution in [1.82, 2.24) is 15.3 Å². The van der Waals surface area contributed by atoms with Crippen LogP contribution in [0, 0.1) is 5.92 Å². The molecule has 0 radical (unpaired) electrons. The average molecular weight is 263 g/mol. The number of nitrogens with zero attached hydrogens (tertiary/aromatic N) is 2. The molecule has 1 aromatic heterocycles. The van der Waals surface area contributed by atoms with Crippen LogP contribution in [0.25, 0.3) is 0 Å². The molecular formula is C15H25N3O. The van der Waals surface area contributed by atoms with Crippen LogP contribution in [-0.4, -0.2) is 30.2 Å². The molecule has 0 saturated heterocycles. The quantitative estimate of drug-likeness (QED) is 0.768. The van der Waals surface area contributed by atoms with E-state index in [0.29, 0.717) is 5.92 Å². The number of nitrogens with one attached hydrogen (secondary N) is 1. The molecule has 19 heavy (non-hydrogen) atoms. The minimum Gasteiger partial charge on any atom is -0.383 e. The summed E-state index contributed by atoms with van der Waals surface area (Å²) in [6, 6.07) is 2.00. The van der Waals surface area contributed by atoms with Gasteiger partial charge in [0.1, 0.15) is 5.82 Å². The average Bonchev–Trinajstić information content (AvgIpc) is 2.93. The van der Waals surface area contributed by atoms with Gasteiger partial charge in [0.2, 0.25) is 0 Å². The van der Waals surface area contributed by atoms with E-state index in [1.807, 2.05) is 12.3 Å². The summed E-state index contributed by atoms with van der Waals surface area (Å²) in [4.78, 5) is 9.18. The Labute approximate surface area is 116 Å². The molecule has 1 aliphatic rings. The minimum atomic E-state index is 0.573. The van der Waals surface area contributed by atoms with Crippen LogP contribution in [0.15, 0.2) is 12.3 Å². The molecule has 1 saturated carbocycles. The summed E-state index contributed by atoms with van der Waals surface area (Å²) < 4.78 is 5.01. The molecule has 106 valence electrons. The summed E-state index contributed by atoms with van der Waals surface area (Å²) in [5, 5.41) is 3.33. The van der Waals surface area contributed by atoms with E-state index >= 15 is 0 Å². The smallest absolute Gasteiger partial charge is 0.131 e. The predicted molar refractivity (Wildman–Crippen MR) is 76.0 cm³/mol. The van der Waals surface area contributed by atoms with Gasteiger partial charge in [0, 0.05) is 32.3 Å². The number of methoxy groups -OCH3 is 1. The Hall–Kier alpha value is -1.00. The maximum absolute atomic E-state index is 5.01. The van der Waals surface area contributed by atoms with Crippen molar-refractivity contribution < 1.29 is 4.74 Å². The third-order valence-corrected chi connectivity index (χ3v) is 4.00. The molecule has 0 aromatic carbocycles. The number of ether oxygens (including phenoxy) is 1. The van der Waals surface area contributed by atoms with Crippen molar-refractivity contribution in [2.75, 3.05) is 20.3 Å². The van der Waals surface area contributed by atoms with E-state index in [2.05, 4.69) is 17.2 Å². The zero-order valence-electron chi connectivity index (χ0n) is 12.1. The molecule has 0 bridgehead atoms. The normalized spacial score (nSPS) is 22.8. The topological polar surface area (TPSA) is 47.0 Å². The number of hydrogen-bond donors (Lipinski definition) is 1. The molecule has 4 heteroatoms. The summed E-state index contributed by atoms with van der Waals surface area (Å²) in [7, 11) is 1.72. The first-order chi connectivity index (χ1) is 9.33. The maximum atomic E-state index is 5.01. The van der Waals surface area contributed by atoms with Gasteiger partial charge in [0.15, 0.2) is 0 Å². The van der Waals surface area contributed by atoms with Gasteiger partial charge in [-0.25, -0.2) is 9.97 Å². The molecule has 1 aromatic rings. The Morgan fingerprint density at radius 1 is 1.42 bits per heavy atom. The molecule has 1 N–H and O–H groups in total. The Morgan fingerprint density at radius 2 is 2.32 bits per heavy atom. The molecule has 2 unspecified atom stereocenters. The standard InChI is InChI=1S/C15H25N3O/c1-3-12-4-5-13(10-12)15-17-7-6-14(18-15)11-16-8-9-19-2/h6-7,12-13,16H,3-5,8-11H2,1-2H3. The molecular weight excluding hydrogens is 238 g/mol. The maximum Gasteiger partial charge on any atom is 0.131 e. The second-order valence-electron chi connectivity index (χ2n) is 5.36. The second kappa shape index (κ2) is 7.56. The minimum absolute atomic E-state index is 0.573. The fraction of sp³-hybridized carbons (Fsp3) is 0.733. The van der Waals surface area contributed by atoms with Crippen LogP contribution in [0.2, 0.25) is 0 Å². The van der Waals surface area contributed by atoms with E-state index in [4.69, 9.17) is 9.72 Å². The first-order valence-electron chi connectivity index (χ1n) is 7.35. The van der Waals surface area contributed by atoms with Gasteiger partial charge in [0.25, 0.3) is 0 Å². The Bertz CT molecular complexity index is 383. The third-order valence-electron chi connectivity index (χ3n) is 4.00. The van der Waals surface area contributed by atoms with Crippen molar-refractivity contribution in [3.05, 3.63) is 23.8 Å². The molecule has 4 nitrogen and oxygen atoms in total. The SMILES string of the molecule is CCC1CCC(c2nccc(CNCCOC)n2)C1. The van der Waals surface area contributed by atoms with Crippen molar-refractivity contribution in [3.8, 4) is 0 Å². The largest absolute Gasteiger partial charge is 0.383 e. The summed E-state index contributed by atoms with van der Waals surface area (Å²) in [5.41, 5.74) is 1.08. The first kappa shape index (κ1) is 14.4. The summed E-state index contributed by atoms with van der Waals surface area (Å²) in [6.07, 6.45) is 7.03. The highest BCUT2D eigenvalue weighted by Gasteiger charge is 2.26. The van der Waals surface area contributed by atoms with Gasteiger partial charge in [-0.2, -0.15) is 0 Å². The monoisotopic (exact) mass is 263 g/mol. The van der Waals surface area contributed by atoms with E-state index < -0.39 is 0 Å². The van der Waals surface area contributed by atoms with Crippen molar-refractivity contribution >= 4 is 0 Å². The highest BCUT2D eigenvalue weighted by atomic mass is 16.5. The lowest BCUT2D eigenvalue weighted by Crippen LogP contribution is -2.19. The molecule has 2 atom stereocenters. The van der Waals surface area contributed by atoms with Gasteiger partial charge < -0.3 is 10.1 Å². The van der Waals surface area contributed by atoms with Crippen LogP contribution in [-0.2, 0) is 11.3 Å². The fourth-order valence-corrected chi connectivity index (χ4v) is 2.78. The summed E-state index contributed by atoms with van der Waals surface area (Å²) >= 11 is 0. The lowest BCUT2D eigenvalue weighted by atomic mass is 10.0. The van der Waals surface area contributed by atoms with Gasteiger partial charge in [-0.1, -0.05) is 13.3 Å². The van der Waals surface area contributed by atoms with E-state index in [-0.39, 0.29) is 0 Å². The molecule has 0 amide bonds. The van der Waals surface area contributed by atoms with Gasteiger partial charge in [0.05, 0.1) is 12.3 Å². The number of hydrogen-bond acceptors (Lipinski definition) is 4. The lowest BCUT2D eigenvalue weighted by molar-refractivity contribution is 0.199. The molecule has 0 spiro atoms. The Balaban J connectivity index is 1.88. The summed E-state index contributed by atoms with van der Waals surface area (Å²) in [6.45, 7) is 4.67. The fourth-order valence-electron chi connectivity index (χ4n) is 2.78. The van der Waals surface area contributed by atoms with Crippen molar-refractivity contribution in [3.63, 3.8) is 0 Å².